The third-order valence-corrected chi connectivity index (χ3v) is 2.94. The number of hydrogen-bond acceptors (Lipinski definition) is 2. The van der Waals surface area contributed by atoms with E-state index in [9.17, 15) is 9.18 Å². The second kappa shape index (κ2) is 5.28. The summed E-state index contributed by atoms with van der Waals surface area (Å²) in [6.45, 7) is 1.77. The minimum absolute atomic E-state index is 0.260. The van der Waals surface area contributed by atoms with Gasteiger partial charge in [0.1, 0.15) is 5.82 Å². The van der Waals surface area contributed by atoms with Crippen LogP contribution >= 0.6 is 11.6 Å². The number of carbonyl (C=O) groups is 1. The molecule has 0 aliphatic heterocycles. The number of hydrogen-bond donors (Lipinski definition) is 2. The molecular weight excluding hydrogens is 267 g/mol. The van der Waals surface area contributed by atoms with Crippen molar-refractivity contribution in [1.29, 1.82) is 0 Å². The molecule has 0 saturated carbocycles. The van der Waals surface area contributed by atoms with Gasteiger partial charge in [-0.3, -0.25) is 4.79 Å². The number of nitrogens with one attached hydrogen (secondary N) is 1. The fourth-order valence-corrected chi connectivity index (χ4v) is 1.82. The van der Waals surface area contributed by atoms with Crippen molar-refractivity contribution in [3.8, 4) is 0 Å². The maximum Gasteiger partial charge on any atom is 0.257 e. The van der Waals surface area contributed by atoms with Crippen molar-refractivity contribution in [1.82, 2.24) is 0 Å². The van der Waals surface area contributed by atoms with Gasteiger partial charge >= 0.3 is 0 Å². The average Bonchev–Trinajstić information content (AvgIpc) is 2.36. The molecule has 3 nitrogen and oxygen atoms in total. The van der Waals surface area contributed by atoms with Crippen LogP contribution in [-0.2, 0) is 0 Å². The van der Waals surface area contributed by atoms with E-state index in [1.54, 1.807) is 25.1 Å². The van der Waals surface area contributed by atoms with Crippen LogP contribution in [0.25, 0.3) is 0 Å². The molecule has 3 N–H and O–H groups in total. The Morgan fingerprint density at radius 1 is 1.26 bits per heavy atom. The van der Waals surface area contributed by atoms with Gasteiger partial charge in [0, 0.05) is 16.4 Å². The Bertz CT molecular complexity index is 643. The van der Waals surface area contributed by atoms with E-state index in [-0.39, 0.29) is 5.56 Å². The van der Waals surface area contributed by atoms with E-state index in [4.69, 9.17) is 17.3 Å². The Labute approximate surface area is 115 Å². The van der Waals surface area contributed by atoms with Gasteiger partial charge in [0.15, 0.2) is 0 Å². The van der Waals surface area contributed by atoms with Crippen molar-refractivity contribution in [3.05, 3.63) is 58.4 Å². The van der Waals surface area contributed by atoms with E-state index in [2.05, 4.69) is 5.32 Å². The number of benzene rings is 2. The number of anilines is 2. The van der Waals surface area contributed by atoms with Crippen LogP contribution < -0.4 is 11.1 Å². The summed E-state index contributed by atoms with van der Waals surface area (Å²) in [5.74, 6) is -0.839. The molecule has 0 atom stereocenters. The molecule has 0 heterocycles. The van der Waals surface area contributed by atoms with Crippen LogP contribution in [0.2, 0.25) is 5.02 Å². The number of rotatable bonds is 2. The first-order chi connectivity index (χ1) is 8.97. The number of aryl methyl sites for hydroxylation is 1. The molecule has 0 unspecified atom stereocenters. The van der Waals surface area contributed by atoms with Crippen LogP contribution in [0.1, 0.15) is 15.9 Å². The molecule has 0 spiro atoms. The van der Waals surface area contributed by atoms with Crippen LogP contribution in [-0.4, -0.2) is 5.91 Å². The number of halogens is 2. The number of carbonyl (C=O) groups excluding carboxylic acids is 1. The predicted molar refractivity (Wildman–Crippen MR) is 75.0 cm³/mol. The summed E-state index contributed by atoms with van der Waals surface area (Å²) in [4.78, 5) is 12.1. The van der Waals surface area contributed by atoms with Gasteiger partial charge in [-0.1, -0.05) is 17.7 Å². The highest BCUT2D eigenvalue weighted by molar-refractivity contribution is 6.31. The zero-order valence-corrected chi connectivity index (χ0v) is 11.0. The lowest BCUT2D eigenvalue weighted by Gasteiger charge is -2.10. The fraction of sp³-hybridized carbons (Fsp3) is 0.0714. The van der Waals surface area contributed by atoms with Gasteiger partial charge in [-0.15, -0.1) is 0 Å². The first kappa shape index (κ1) is 13.4. The third kappa shape index (κ3) is 3.03. The van der Waals surface area contributed by atoms with Crippen LogP contribution in [0.4, 0.5) is 15.8 Å². The molecule has 0 aliphatic carbocycles. The molecule has 0 fully saturated rings. The van der Waals surface area contributed by atoms with Crippen LogP contribution in [0.15, 0.2) is 36.4 Å². The fourth-order valence-electron chi connectivity index (χ4n) is 1.64. The van der Waals surface area contributed by atoms with Gasteiger partial charge in [0.05, 0.1) is 5.56 Å². The Hall–Kier alpha value is -2.07. The average molecular weight is 279 g/mol. The van der Waals surface area contributed by atoms with Crippen molar-refractivity contribution in [2.45, 2.75) is 6.92 Å². The van der Waals surface area contributed by atoms with Crippen molar-refractivity contribution in [3.63, 3.8) is 0 Å². The highest BCUT2D eigenvalue weighted by atomic mass is 35.5. The Balaban J connectivity index is 2.30. The van der Waals surface area contributed by atoms with E-state index in [1.807, 2.05) is 0 Å². The van der Waals surface area contributed by atoms with Crippen molar-refractivity contribution in [2.75, 3.05) is 11.1 Å². The van der Waals surface area contributed by atoms with Gasteiger partial charge in [0.2, 0.25) is 0 Å². The molecule has 5 heteroatoms. The lowest BCUT2D eigenvalue weighted by atomic mass is 10.1. The van der Waals surface area contributed by atoms with E-state index < -0.39 is 11.7 Å². The first-order valence-corrected chi connectivity index (χ1v) is 5.97. The minimum Gasteiger partial charge on any atom is -0.398 e. The standard InChI is InChI=1S/C14H12ClFN2O/c1-8-2-4-10(16)7-13(8)18-14(19)11-6-9(15)3-5-12(11)17/h2-7H,17H2,1H3,(H,18,19). The summed E-state index contributed by atoms with van der Waals surface area (Å²) in [6, 6.07) is 8.80. The molecule has 98 valence electrons. The summed E-state index contributed by atoms with van der Waals surface area (Å²) < 4.78 is 13.1. The molecule has 0 bridgehead atoms. The summed E-state index contributed by atoms with van der Waals surface area (Å²) in [5, 5.41) is 3.03. The summed E-state index contributed by atoms with van der Waals surface area (Å²) in [6.07, 6.45) is 0. The summed E-state index contributed by atoms with van der Waals surface area (Å²) in [5.41, 5.74) is 7.46. The monoisotopic (exact) mass is 278 g/mol. The maximum atomic E-state index is 13.1. The van der Waals surface area contributed by atoms with Crippen molar-refractivity contribution in [2.24, 2.45) is 0 Å². The molecule has 0 aliphatic rings. The first-order valence-electron chi connectivity index (χ1n) is 5.60. The topological polar surface area (TPSA) is 55.1 Å². The summed E-state index contributed by atoms with van der Waals surface area (Å²) in [7, 11) is 0. The Morgan fingerprint density at radius 3 is 2.74 bits per heavy atom. The lowest BCUT2D eigenvalue weighted by molar-refractivity contribution is 0.102. The smallest absolute Gasteiger partial charge is 0.257 e. The summed E-state index contributed by atoms with van der Waals surface area (Å²) >= 11 is 5.82. The second-order valence-electron chi connectivity index (χ2n) is 4.14. The molecular formula is C14H12ClFN2O. The highest BCUT2D eigenvalue weighted by Gasteiger charge is 2.12. The highest BCUT2D eigenvalue weighted by Crippen LogP contribution is 2.21. The molecule has 1 amide bonds. The molecule has 0 radical (unpaired) electrons. The number of nitrogen functional groups attached to an aromatic ring is 1. The lowest BCUT2D eigenvalue weighted by Crippen LogP contribution is -2.15. The Kier molecular flexibility index (Phi) is 3.71. The molecule has 0 aromatic heterocycles. The predicted octanol–water partition coefficient (Wildman–Crippen LogP) is 3.62. The van der Waals surface area contributed by atoms with Gasteiger partial charge in [-0.25, -0.2) is 4.39 Å². The van der Waals surface area contributed by atoms with Gasteiger partial charge in [0.25, 0.3) is 5.91 Å². The molecule has 2 aromatic carbocycles. The zero-order chi connectivity index (χ0) is 14.0. The molecule has 2 aromatic rings. The van der Waals surface area contributed by atoms with E-state index >= 15 is 0 Å². The van der Waals surface area contributed by atoms with Crippen molar-refractivity contribution < 1.29 is 9.18 Å². The van der Waals surface area contributed by atoms with Crippen LogP contribution in [0, 0.1) is 12.7 Å². The largest absolute Gasteiger partial charge is 0.398 e. The SMILES string of the molecule is Cc1ccc(F)cc1NC(=O)c1cc(Cl)ccc1N. The molecule has 0 saturated heterocycles. The van der Waals surface area contributed by atoms with Crippen LogP contribution in [0.3, 0.4) is 0 Å². The van der Waals surface area contributed by atoms with Crippen molar-refractivity contribution >= 4 is 28.9 Å². The minimum atomic E-state index is -0.422. The van der Waals surface area contributed by atoms with Gasteiger partial charge < -0.3 is 11.1 Å². The van der Waals surface area contributed by atoms with E-state index in [1.165, 1.54) is 18.2 Å². The Morgan fingerprint density at radius 2 is 2.00 bits per heavy atom. The molecule has 2 rings (SSSR count). The van der Waals surface area contributed by atoms with Gasteiger partial charge in [-0.2, -0.15) is 0 Å². The second-order valence-corrected chi connectivity index (χ2v) is 4.58. The maximum absolute atomic E-state index is 13.1. The van der Waals surface area contributed by atoms with Gasteiger partial charge in [-0.05, 0) is 42.8 Å². The number of amides is 1. The number of nitrogens with two attached hydrogens (primary N) is 1. The normalized spacial score (nSPS) is 10.3. The van der Waals surface area contributed by atoms with Crippen LogP contribution in [0.5, 0.6) is 0 Å². The van der Waals surface area contributed by atoms with E-state index in [0.717, 1.165) is 5.56 Å². The van der Waals surface area contributed by atoms with E-state index in [0.29, 0.717) is 16.4 Å². The third-order valence-electron chi connectivity index (χ3n) is 2.71. The molecule has 19 heavy (non-hydrogen) atoms. The zero-order valence-electron chi connectivity index (χ0n) is 10.2. The quantitative estimate of drug-likeness (QED) is 0.824.